The zero-order valence-electron chi connectivity index (χ0n) is 19.3. The van der Waals surface area contributed by atoms with Gasteiger partial charge in [0, 0.05) is 24.2 Å². The number of halogens is 2. The van der Waals surface area contributed by atoms with Crippen LogP contribution in [0.15, 0.2) is 47.3 Å². The van der Waals surface area contributed by atoms with Crippen molar-refractivity contribution in [3.63, 3.8) is 0 Å². The lowest BCUT2D eigenvalue weighted by atomic mass is 9.99. The largest absolute Gasteiger partial charge is 0.345 e. The molecule has 1 amide bonds. The number of aromatic nitrogens is 1. The fourth-order valence-electron chi connectivity index (χ4n) is 5.19. The van der Waals surface area contributed by atoms with E-state index in [1.165, 1.54) is 28.8 Å². The third kappa shape index (κ3) is 4.37. The predicted octanol–water partition coefficient (Wildman–Crippen LogP) is 4.57. The number of carbonyl (C=O) groups excluding carboxylic acids is 1. The minimum Gasteiger partial charge on any atom is -0.345 e. The fourth-order valence-corrected chi connectivity index (χ4v) is 5.19. The average molecular weight is 466 g/mol. The number of hydrogen-bond donors (Lipinski definition) is 1. The van der Waals surface area contributed by atoms with Crippen LogP contribution >= 0.6 is 0 Å². The highest BCUT2D eigenvalue weighted by Crippen LogP contribution is 2.41. The van der Waals surface area contributed by atoms with Gasteiger partial charge < -0.3 is 14.8 Å². The van der Waals surface area contributed by atoms with Crippen LogP contribution in [0.3, 0.4) is 0 Å². The van der Waals surface area contributed by atoms with Crippen LogP contribution in [0.2, 0.25) is 0 Å². The Kier molecular flexibility index (Phi) is 6.21. The molecule has 2 fully saturated rings. The Morgan fingerprint density at radius 1 is 1.09 bits per heavy atom. The normalized spacial score (nSPS) is 17.3. The van der Waals surface area contributed by atoms with Crippen LogP contribution < -0.4 is 10.9 Å². The predicted molar refractivity (Wildman–Crippen MR) is 128 cm³/mol. The van der Waals surface area contributed by atoms with Gasteiger partial charge in [0.25, 0.3) is 11.5 Å². The van der Waals surface area contributed by atoms with Crippen LogP contribution in [0.1, 0.15) is 53.3 Å². The van der Waals surface area contributed by atoms with Crippen molar-refractivity contribution in [2.24, 2.45) is 5.92 Å². The maximum Gasteiger partial charge on any atom is 0.261 e. The summed E-state index contributed by atoms with van der Waals surface area (Å²) in [6, 6.07) is 10.3. The van der Waals surface area contributed by atoms with Crippen molar-refractivity contribution in [1.29, 1.82) is 0 Å². The van der Waals surface area contributed by atoms with E-state index in [9.17, 15) is 18.4 Å². The van der Waals surface area contributed by atoms with Gasteiger partial charge in [0.1, 0.15) is 11.6 Å². The summed E-state index contributed by atoms with van der Waals surface area (Å²) in [4.78, 5) is 29.2. The molecule has 2 aliphatic rings. The lowest BCUT2D eigenvalue weighted by molar-refractivity contribution is 0.0931. The maximum absolute atomic E-state index is 14.9. The number of nitrogens with zero attached hydrogens (tertiary/aromatic N) is 2. The van der Waals surface area contributed by atoms with Crippen LogP contribution in [-0.2, 0) is 6.54 Å². The first-order chi connectivity index (χ1) is 16.4. The van der Waals surface area contributed by atoms with E-state index in [2.05, 4.69) is 10.2 Å². The molecule has 1 N–H and O–H groups in total. The van der Waals surface area contributed by atoms with E-state index in [4.69, 9.17) is 0 Å². The molecule has 5 rings (SSSR count). The third-order valence-corrected chi connectivity index (χ3v) is 7.16. The summed E-state index contributed by atoms with van der Waals surface area (Å²) in [7, 11) is 0. The van der Waals surface area contributed by atoms with Crippen LogP contribution in [0, 0.1) is 24.5 Å². The Labute approximate surface area is 197 Å². The Morgan fingerprint density at radius 3 is 2.53 bits per heavy atom. The second-order valence-corrected chi connectivity index (χ2v) is 9.47. The first kappa shape index (κ1) is 22.7. The topological polar surface area (TPSA) is 54.3 Å². The molecule has 5 nitrogen and oxygen atoms in total. The van der Waals surface area contributed by atoms with Gasteiger partial charge in [0.2, 0.25) is 0 Å². The van der Waals surface area contributed by atoms with Crippen molar-refractivity contribution in [2.45, 2.75) is 45.2 Å². The standard InChI is InChI=1S/C27H29F2N3O2/c1-17-23(26(33)30-25(18-10-11-18)19-6-4-7-20(28)16-19)21-8-5-9-22(29)24(21)27(34)32(17)15-14-31-12-2-3-13-31/h4-9,16,18,25H,2-3,10-15H2,1H3,(H,30,33)/t25-/m0/s1. The molecular weight excluding hydrogens is 436 g/mol. The number of hydrogen-bond acceptors (Lipinski definition) is 3. The van der Waals surface area contributed by atoms with E-state index >= 15 is 0 Å². The maximum atomic E-state index is 14.9. The number of fused-ring (bicyclic) bond motifs is 1. The molecular formula is C27H29F2N3O2. The summed E-state index contributed by atoms with van der Waals surface area (Å²) in [6.07, 6.45) is 4.17. The number of rotatable bonds is 7. The zero-order valence-corrected chi connectivity index (χ0v) is 19.3. The van der Waals surface area contributed by atoms with Crippen LogP contribution in [-0.4, -0.2) is 35.0 Å². The van der Waals surface area contributed by atoms with E-state index in [-0.39, 0.29) is 29.1 Å². The molecule has 2 heterocycles. The molecule has 1 aliphatic heterocycles. The van der Waals surface area contributed by atoms with Crippen molar-refractivity contribution in [2.75, 3.05) is 19.6 Å². The molecule has 1 saturated carbocycles. The minimum absolute atomic E-state index is 0.0617. The number of pyridine rings is 1. The Hall–Kier alpha value is -3.06. The monoisotopic (exact) mass is 465 g/mol. The number of amides is 1. The molecule has 0 radical (unpaired) electrons. The van der Waals surface area contributed by atoms with Crippen LogP contribution in [0.25, 0.3) is 10.8 Å². The second kappa shape index (κ2) is 9.29. The van der Waals surface area contributed by atoms with Crippen molar-refractivity contribution in [3.8, 4) is 0 Å². The quantitative estimate of drug-likeness (QED) is 0.556. The lowest BCUT2D eigenvalue weighted by Crippen LogP contribution is -2.35. The molecule has 0 unspecified atom stereocenters. The molecule has 0 bridgehead atoms. The molecule has 1 aliphatic carbocycles. The van der Waals surface area contributed by atoms with Gasteiger partial charge >= 0.3 is 0 Å². The zero-order chi connectivity index (χ0) is 23.8. The first-order valence-electron chi connectivity index (χ1n) is 12.0. The number of carbonyl (C=O) groups is 1. The number of likely N-dealkylation sites (tertiary alicyclic amines) is 1. The lowest BCUT2D eigenvalue weighted by Gasteiger charge is -2.23. The Balaban J connectivity index is 1.55. The van der Waals surface area contributed by atoms with Crippen LogP contribution in [0.5, 0.6) is 0 Å². The van der Waals surface area contributed by atoms with E-state index in [0.29, 0.717) is 35.3 Å². The van der Waals surface area contributed by atoms with Crippen molar-refractivity contribution >= 4 is 16.7 Å². The van der Waals surface area contributed by atoms with Crippen molar-refractivity contribution < 1.29 is 13.6 Å². The summed E-state index contributed by atoms with van der Waals surface area (Å²) in [5, 5.41) is 3.33. The molecule has 1 saturated heterocycles. The summed E-state index contributed by atoms with van der Waals surface area (Å²) in [6.45, 7) is 4.79. The van der Waals surface area contributed by atoms with Gasteiger partial charge in [0.05, 0.1) is 17.0 Å². The molecule has 1 atom stereocenters. The number of nitrogens with one attached hydrogen (secondary N) is 1. The molecule has 0 spiro atoms. The van der Waals surface area contributed by atoms with Crippen LogP contribution in [0.4, 0.5) is 8.78 Å². The molecule has 34 heavy (non-hydrogen) atoms. The summed E-state index contributed by atoms with van der Waals surface area (Å²) < 4.78 is 30.3. The van der Waals surface area contributed by atoms with Gasteiger partial charge in [0.15, 0.2) is 0 Å². The highest BCUT2D eigenvalue weighted by atomic mass is 19.1. The Bertz CT molecular complexity index is 1290. The molecule has 1 aromatic heterocycles. The molecule has 7 heteroatoms. The van der Waals surface area contributed by atoms with E-state index in [0.717, 1.165) is 38.8 Å². The molecule has 2 aromatic carbocycles. The van der Waals surface area contributed by atoms with Gasteiger partial charge in [-0.15, -0.1) is 0 Å². The Morgan fingerprint density at radius 2 is 1.82 bits per heavy atom. The van der Waals surface area contributed by atoms with Gasteiger partial charge in [-0.1, -0.05) is 24.3 Å². The summed E-state index contributed by atoms with van der Waals surface area (Å²) in [5.41, 5.74) is 1.13. The number of benzene rings is 2. The van der Waals surface area contributed by atoms with Gasteiger partial charge in [-0.25, -0.2) is 8.78 Å². The summed E-state index contributed by atoms with van der Waals surface area (Å²) >= 11 is 0. The van der Waals surface area contributed by atoms with E-state index in [1.54, 1.807) is 19.1 Å². The third-order valence-electron chi connectivity index (χ3n) is 7.16. The highest BCUT2D eigenvalue weighted by Gasteiger charge is 2.34. The molecule has 178 valence electrons. The smallest absolute Gasteiger partial charge is 0.261 e. The highest BCUT2D eigenvalue weighted by molar-refractivity contribution is 6.08. The van der Waals surface area contributed by atoms with Crippen molar-refractivity contribution in [3.05, 3.63) is 81.3 Å². The SMILES string of the molecule is Cc1c(C(=O)N[C@H](c2cccc(F)c2)C2CC2)c2cccc(F)c2c(=O)n1CCN1CCCC1. The summed E-state index contributed by atoms with van der Waals surface area (Å²) in [5.74, 6) is -1.12. The van der Waals surface area contributed by atoms with Crippen molar-refractivity contribution in [1.82, 2.24) is 14.8 Å². The van der Waals surface area contributed by atoms with Gasteiger partial charge in [-0.2, -0.15) is 0 Å². The second-order valence-electron chi connectivity index (χ2n) is 9.47. The van der Waals surface area contributed by atoms with Gasteiger partial charge in [-0.3, -0.25) is 9.59 Å². The minimum atomic E-state index is -0.629. The van der Waals surface area contributed by atoms with E-state index in [1.807, 2.05) is 6.07 Å². The molecule has 3 aromatic rings. The fraction of sp³-hybridized carbons (Fsp3) is 0.407. The first-order valence-corrected chi connectivity index (χ1v) is 12.0. The van der Waals surface area contributed by atoms with E-state index < -0.39 is 11.4 Å². The average Bonchev–Trinajstić information content (AvgIpc) is 3.52. The van der Waals surface area contributed by atoms with Gasteiger partial charge in [-0.05, 0) is 75.4 Å².